The van der Waals surface area contributed by atoms with Gasteiger partial charge in [-0.15, -0.1) is 0 Å². The first-order chi connectivity index (χ1) is 7.65. The first kappa shape index (κ1) is 12.0. The van der Waals surface area contributed by atoms with Crippen LogP contribution in [0.25, 0.3) is 0 Å². The molecule has 0 atom stereocenters. The molecule has 2 aromatic rings. The predicted molar refractivity (Wildman–Crippen MR) is 76.8 cm³/mol. The molecule has 1 nitrogen and oxygen atoms in total. The quantitative estimate of drug-likeness (QED) is 0.769. The molecule has 0 unspecified atom stereocenters. The van der Waals surface area contributed by atoms with Gasteiger partial charge < -0.3 is 5.73 Å². The van der Waals surface area contributed by atoms with Crippen molar-refractivity contribution in [3.8, 4) is 0 Å². The Labute approximate surface area is 116 Å². The number of nitrogens with two attached hydrogens (primary N) is 1. The SMILES string of the molecule is Nc1cc(Sc2ccc(Br)cc2)ccc1Br. The number of halogens is 2. The lowest BCUT2D eigenvalue weighted by Crippen LogP contribution is -1.86. The Bertz CT molecular complexity index is 497. The van der Waals surface area contributed by atoms with Gasteiger partial charge in [0.25, 0.3) is 0 Å². The highest BCUT2D eigenvalue weighted by Crippen LogP contribution is 2.32. The summed E-state index contributed by atoms with van der Waals surface area (Å²) in [7, 11) is 0. The van der Waals surface area contributed by atoms with E-state index in [1.54, 1.807) is 11.8 Å². The fourth-order valence-electron chi connectivity index (χ4n) is 1.22. The van der Waals surface area contributed by atoms with Crippen molar-refractivity contribution in [2.75, 3.05) is 5.73 Å². The topological polar surface area (TPSA) is 26.0 Å². The lowest BCUT2D eigenvalue weighted by atomic mass is 10.3. The summed E-state index contributed by atoms with van der Waals surface area (Å²) in [5.41, 5.74) is 6.60. The zero-order valence-electron chi connectivity index (χ0n) is 8.28. The normalized spacial score (nSPS) is 10.4. The maximum absolute atomic E-state index is 5.83. The Morgan fingerprint density at radius 3 is 2.12 bits per heavy atom. The molecule has 4 heteroatoms. The van der Waals surface area contributed by atoms with Gasteiger partial charge in [0.05, 0.1) is 0 Å². The van der Waals surface area contributed by atoms with Crippen molar-refractivity contribution in [1.29, 1.82) is 0 Å². The number of benzene rings is 2. The van der Waals surface area contributed by atoms with Gasteiger partial charge in [0.1, 0.15) is 0 Å². The summed E-state index contributed by atoms with van der Waals surface area (Å²) in [6.45, 7) is 0. The molecule has 0 amide bonds. The summed E-state index contributed by atoms with van der Waals surface area (Å²) in [6, 6.07) is 14.2. The zero-order chi connectivity index (χ0) is 11.5. The molecule has 2 rings (SSSR count). The van der Waals surface area contributed by atoms with Gasteiger partial charge in [-0.3, -0.25) is 0 Å². The molecule has 0 aliphatic rings. The summed E-state index contributed by atoms with van der Waals surface area (Å²) in [5, 5.41) is 0. The average Bonchev–Trinajstić information content (AvgIpc) is 2.27. The second-order valence-electron chi connectivity index (χ2n) is 3.24. The standard InChI is InChI=1S/C12H9Br2NS/c13-8-1-3-9(4-2-8)16-10-5-6-11(14)12(15)7-10/h1-7H,15H2. The molecule has 0 heterocycles. The predicted octanol–water partition coefficient (Wildman–Crippen LogP) is 4.95. The van der Waals surface area contributed by atoms with Gasteiger partial charge in [-0.05, 0) is 58.4 Å². The molecule has 0 aliphatic carbocycles. The molecular formula is C12H9Br2NS. The minimum absolute atomic E-state index is 0.766. The van der Waals surface area contributed by atoms with Gasteiger partial charge in [-0.2, -0.15) is 0 Å². The summed E-state index contributed by atoms with van der Waals surface area (Å²) in [6.07, 6.45) is 0. The molecule has 82 valence electrons. The Hall–Kier alpha value is -0.450. The van der Waals surface area contributed by atoms with Crippen LogP contribution in [0.15, 0.2) is 61.2 Å². The number of rotatable bonds is 2. The maximum Gasteiger partial charge on any atom is 0.0469 e. The molecule has 2 aromatic carbocycles. The minimum Gasteiger partial charge on any atom is -0.398 e. The van der Waals surface area contributed by atoms with Crippen LogP contribution in [-0.4, -0.2) is 0 Å². The van der Waals surface area contributed by atoms with Crippen LogP contribution in [0.4, 0.5) is 5.69 Å². The molecule has 0 fully saturated rings. The van der Waals surface area contributed by atoms with Crippen molar-refractivity contribution in [2.45, 2.75) is 9.79 Å². The average molecular weight is 359 g/mol. The third-order valence-electron chi connectivity index (χ3n) is 2.02. The zero-order valence-corrected chi connectivity index (χ0v) is 12.3. The molecule has 2 N–H and O–H groups in total. The third-order valence-corrected chi connectivity index (χ3v) is 4.27. The first-order valence-electron chi connectivity index (χ1n) is 4.63. The van der Waals surface area contributed by atoms with Gasteiger partial charge in [0.2, 0.25) is 0 Å². The third kappa shape index (κ3) is 3.03. The van der Waals surface area contributed by atoms with Gasteiger partial charge in [-0.25, -0.2) is 0 Å². The van der Waals surface area contributed by atoms with Crippen molar-refractivity contribution in [2.24, 2.45) is 0 Å². The molecule has 0 bridgehead atoms. The van der Waals surface area contributed by atoms with E-state index in [0.29, 0.717) is 0 Å². The van der Waals surface area contributed by atoms with Gasteiger partial charge in [0.15, 0.2) is 0 Å². The maximum atomic E-state index is 5.83. The van der Waals surface area contributed by atoms with Crippen LogP contribution in [0.2, 0.25) is 0 Å². The summed E-state index contributed by atoms with van der Waals surface area (Å²) in [5.74, 6) is 0. The molecular weight excluding hydrogens is 350 g/mol. The van der Waals surface area contributed by atoms with Crippen molar-refractivity contribution < 1.29 is 0 Å². The fraction of sp³-hybridized carbons (Fsp3) is 0. The van der Waals surface area contributed by atoms with Crippen molar-refractivity contribution in [3.05, 3.63) is 51.4 Å². The Morgan fingerprint density at radius 2 is 1.50 bits per heavy atom. The Balaban J connectivity index is 2.20. The monoisotopic (exact) mass is 357 g/mol. The largest absolute Gasteiger partial charge is 0.398 e. The summed E-state index contributed by atoms with van der Waals surface area (Å²) < 4.78 is 2.03. The van der Waals surface area contributed by atoms with Gasteiger partial charge >= 0.3 is 0 Å². The lowest BCUT2D eigenvalue weighted by Gasteiger charge is -2.04. The fourth-order valence-corrected chi connectivity index (χ4v) is 2.60. The second-order valence-corrected chi connectivity index (χ2v) is 6.16. The van der Waals surface area contributed by atoms with Crippen LogP contribution in [-0.2, 0) is 0 Å². The first-order valence-corrected chi connectivity index (χ1v) is 7.04. The molecule has 0 saturated heterocycles. The highest BCUT2D eigenvalue weighted by molar-refractivity contribution is 9.10. The van der Waals surface area contributed by atoms with E-state index < -0.39 is 0 Å². The van der Waals surface area contributed by atoms with Crippen LogP contribution in [0.3, 0.4) is 0 Å². The van der Waals surface area contributed by atoms with E-state index in [0.717, 1.165) is 19.5 Å². The number of hydrogen-bond donors (Lipinski definition) is 1. The summed E-state index contributed by atoms with van der Waals surface area (Å²) >= 11 is 8.50. The Morgan fingerprint density at radius 1 is 0.875 bits per heavy atom. The molecule has 0 spiro atoms. The Kier molecular flexibility index (Phi) is 3.95. The van der Waals surface area contributed by atoms with Crippen LogP contribution < -0.4 is 5.73 Å². The molecule has 0 radical (unpaired) electrons. The van der Waals surface area contributed by atoms with Crippen LogP contribution in [0, 0.1) is 0 Å². The van der Waals surface area contributed by atoms with Crippen LogP contribution in [0.1, 0.15) is 0 Å². The highest BCUT2D eigenvalue weighted by atomic mass is 79.9. The van der Waals surface area contributed by atoms with E-state index in [1.807, 2.05) is 30.3 Å². The van der Waals surface area contributed by atoms with E-state index in [1.165, 1.54) is 4.90 Å². The van der Waals surface area contributed by atoms with Crippen LogP contribution in [0.5, 0.6) is 0 Å². The molecule has 0 aliphatic heterocycles. The smallest absolute Gasteiger partial charge is 0.0469 e. The van der Waals surface area contributed by atoms with E-state index in [2.05, 4.69) is 44.0 Å². The van der Waals surface area contributed by atoms with E-state index in [9.17, 15) is 0 Å². The molecule has 0 saturated carbocycles. The minimum atomic E-state index is 0.766. The van der Waals surface area contributed by atoms with Crippen molar-refractivity contribution >= 4 is 49.3 Å². The van der Waals surface area contributed by atoms with E-state index in [-0.39, 0.29) is 0 Å². The van der Waals surface area contributed by atoms with Crippen molar-refractivity contribution in [3.63, 3.8) is 0 Å². The lowest BCUT2D eigenvalue weighted by molar-refractivity contribution is 1.39. The van der Waals surface area contributed by atoms with Crippen molar-refractivity contribution in [1.82, 2.24) is 0 Å². The van der Waals surface area contributed by atoms with E-state index >= 15 is 0 Å². The highest BCUT2D eigenvalue weighted by Gasteiger charge is 2.00. The number of hydrogen-bond acceptors (Lipinski definition) is 2. The second kappa shape index (κ2) is 5.25. The van der Waals surface area contributed by atoms with E-state index in [4.69, 9.17) is 5.73 Å². The molecule has 16 heavy (non-hydrogen) atoms. The molecule has 0 aromatic heterocycles. The van der Waals surface area contributed by atoms with Crippen LogP contribution >= 0.6 is 43.6 Å². The number of anilines is 1. The number of nitrogen functional groups attached to an aromatic ring is 1. The van der Waals surface area contributed by atoms with Gasteiger partial charge in [0, 0.05) is 24.4 Å². The summed E-state index contributed by atoms with van der Waals surface area (Å²) in [4.78, 5) is 2.34. The van der Waals surface area contributed by atoms with Gasteiger partial charge in [-0.1, -0.05) is 27.7 Å².